The van der Waals surface area contributed by atoms with E-state index in [1.807, 2.05) is 38.1 Å². The fraction of sp³-hybridized carbons (Fsp3) is 0.474. The molecule has 3 N–H and O–H groups in total. The molecule has 8 nitrogen and oxygen atoms in total. The van der Waals surface area contributed by atoms with E-state index in [2.05, 4.69) is 25.3 Å². The lowest BCUT2D eigenvalue weighted by molar-refractivity contribution is 0.446. The van der Waals surface area contributed by atoms with Crippen LogP contribution < -0.4 is 15.4 Å². The second-order valence-corrected chi connectivity index (χ2v) is 9.07. The molecule has 0 atom stereocenters. The van der Waals surface area contributed by atoms with Gasteiger partial charge < -0.3 is 15.1 Å². The van der Waals surface area contributed by atoms with Gasteiger partial charge in [-0.3, -0.25) is 0 Å². The zero-order chi connectivity index (χ0) is 20.8. The minimum absolute atomic E-state index is 0. The van der Waals surface area contributed by atoms with E-state index >= 15 is 0 Å². The van der Waals surface area contributed by atoms with Gasteiger partial charge in [0, 0.05) is 24.2 Å². The molecule has 1 aromatic carbocycles. The first-order valence-electron chi connectivity index (χ1n) is 9.10. The van der Waals surface area contributed by atoms with Crippen LogP contribution in [-0.4, -0.2) is 44.2 Å². The molecule has 162 valence electrons. The Labute approximate surface area is 190 Å². The van der Waals surface area contributed by atoms with Crippen LogP contribution in [0.3, 0.4) is 0 Å². The molecule has 0 spiro atoms. The maximum Gasteiger partial charge on any atom is 0.226 e. The monoisotopic (exact) mass is 535 g/mol. The van der Waals surface area contributed by atoms with Crippen molar-refractivity contribution in [2.45, 2.75) is 39.8 Å². The number of hydrogen-bond acceptors (Lipinski definition) is 5. The van der Waals surface area contributed by atoms with Crippen LogP contribution in [0.1, 0.15) is 32.0 Å². The molecule has 0 bridgehead atoms. The van der Waals surface area contributed by atoms with Crippen molar-refractivity contribution in [1.29, 1.82) is 0 Å². The van der Waals surface area contributed by atoms with Gasteiger partial charge in [-0.25, -0.2) is 23.1 Å². The summed E-state index contributed by atoms with van der Waals surface area (Å²) in [6.07, 6.45) is 2.74. The van der Waals surface area contributed by atoms with E-state index in [1.54, 1.807) is 20.1 Å². The van der Waals surface area contributed by atoms with Crippen molar-refractivity contribution in [2.24, 2.45) is 4.99 Å². The zero-order valence-electron chi connectivity index (χ0n) is 17.4. The summed E-state index contributed by atoms with van der Waals surface area (Å²) in [5, 5.41) is 6.29. The third-order valence-electron chi connectivity index (χ3n) is 3.75. The van der Waals surface area contributed by atoms with Crippen molar-refractivity contribution in [3.8, 4) is 11.5 Å². The van der Waals surface area contributed by atoms with Crippen LogP contribution >= 0.6 is 24.0 Å². The molecule has 10 heteroatoms. The highest BCUT2D eigenvalue weighted by atomic mass is 127. The fourth-order valence-electron chi connectivity index (χ4n) is 2.55. The van der Waals surface area contributed by atoms with Crippen molar-refractivity contribution in [3.05, 3.63) is 41.8 Å². The van der Waals surface area contributed by atoms with Gasteiger partial charge in [0.05, 0.1) is 12.8 Å². The number of rotatable bonds is 8. The van der Waals surface area contributed by atoms with Crippen molar-refractivity contribution in [2.75, 3.05) is 19.3 Å². The standard InChI is InChI=1S/C19H29N5O3S.HI/c1-6-20-18(22-13-19(3,4)24-28(5,25)26)21-11-16-12-27-17(23-16)15-9-7-14(2)8-10-15;/h7-10,12,24H,6,11,13H2,1-5H3,(H2,20,21,22);1H. The molecule has 29 heavy (non-hydrogen) atoms. The number of aromatic nitrogens is 1. The number of guanidine groups is 1. The van der Waals surface area contributed by atoms with Gasteiger partial charge >= 0.3 is 0 Å². The first kappa shape index (κ1) is 25.4. The quantitative estimate of drug-likeness (QED) is 0.273. The topological polar surface area (TPSA) is 109 Å². The normalized spacial score (nSPS) is 12.4. The van der Waals surface area contributed by atoms with E-state index in [0.29, 0.717) is 37.2 Å². The maximum atomic E-state index is 11.5. The van der Waals surface area contributed by atoms with Crippen molar-refractivity contribution >= 4 is 40.0 Å². The summed E-state index contributed by atoms with van der Waals surface area (Å²) in [6.45, 7) is 8.99. The minimum atomic E-state index is -3.30. The summed E-state index contributed by atoms with van der Waals surface area (Å²) in [4.78, 5) is 8.98. The van der Waals surface area contributed by atoms with Crippen LogP contribution in [0.5, 0.6) is 0 Å². The van der Waals surface area contributed by atoms with E-state index in [-0.39, 0.29) is 24.0 Å². The molecule has 0 radical (unpaired) electrons. The molecular weight excluding hydrogens is 505 g/mol. The van der Waals surface area contributed by atoms with Gasteiger partial charge in [0.25, 0.3) is 0 Å². The van der Waals surface area contributed by atoms with Crippen LogP contribution in [0.15, 0.2) is 39.9 Å². The molecule has 0 saturated heterocycles. The third-order valence-corrected chi connectivity index (χ3v) is 4.68. The van der Waals surface area contributed by atoms with Crippen molar-refractivity contribution < 1.29 is 12.8 Å². The number of benzene rings is 1. The molecule has 1 aromatic heterocycles. The van der Waals surface area contributed by atoms with Crippen molar-refractivity contribution in [1.82, 2.24) is 20.3 Å². The first-order chi connectivity index (χ1) is 13.1. The number of sulfonamides is 1. The summed E-state index contributed by atoms with van der Waals surface area (Å²) in [6, 6.07) is 7.96. The van der Waals surface area contributed by atoms with Gasteiger partial charge in [-0.1, -0.05) is 17.7 Å². The smallest absolute Gasteiger partial charge is 0.226 e. The largest absolute Gasteiger partial charge is 0.444 e. The maximum absolute atomic E-state index is 11.5. The Morgan fingerprint density at radius 1 is 1.21 bits per heavy atom. The number of aryl methyl sites for hydroxylation is 1. The predicted molar refractivity (Wildman–Crippen MR) is 127 cm³/mol. The number of nitrogens with zero attached hydrogens (tertiary/aromatic N) is 2. The molecule has 0 saturated carbocycles. The molecule has 2 aromatic rings. The lowest BCUT2D eigenvalue weighted by atomic mass is 10.1. The second-order valence-electron chi connectivity index (χ2n) is 7.32. The summed E-state index contributed by atoms with van der Waals surface area (Å²) in [7, 11) is -3.30. The van der Waals surface area contributed by atoms with Crippen LogP contribution in [0.2, 0.25) is 0 Å². The molecule has 0 amide bonds. The Kier molecular flexibility index (Phi) is 9.56. The van der Waals surface area contributed by atoms with Gasteiger partial charge in [-0.15, -0.1) is 24.0 Å². The highest BCUT2D eigenvalue weighted by Gasteiger charge is 2.22. The summed E-state index contributed by atoms with van der Waals surface area (Å²) in [5.74, 6) is 1.13. The summed E-state index contributed by atoms with van der Waals surface area (Å²) in [5.41, 5.74) is 2.14. The second kappa shape index (κ2) is 10.9. The molecule has 0 aliphatic rings. The Bertz CT molecular complexity index is 908. The predicted octanol–water partition coefficient (Wildman–Crippen LogP) is 2.65. The first-order valence-corrected chi connectivity index (χ1v) is 11.0. The number of hydrogen-bond donors (Lipinski definition) is 3. The van der Waals surface area contributed by atoms with E-state index in [4.69, 9.17) is 4.42 Å². The van der Waals surface area contributed by atoms with Gasteiger partial charge in [-0.2, -0.15) is 0 Å². The lowest BCUT2D eigenvalue weighted by Crippen LogP contribution is -2.53. The fourth-order valence-corrected chi connectivity index (χ4v) is 3.63. The molecule has 0 aliphatic carbocycles. The Morgan fingerprint density at radius 3 is 2.45 bits per heavy atom. The molecule has 0 unspecified atom stereocenters. The highest BCUT2D eigenvalue weighted by Crippen LogP contribution is 2.19. The summed E-state index contributed by atoms with van der Waals surface area (Å²) < 4.78 is 31.1. The van der Waals surface area contributed by atoms with Gasteiger partial charge in [-0.05, 0) is 39.8 Å². The molecular formula is C19H30IN5O3S. The number of nitrogens with one attached hydrogen (secondary N) is 3. The van der Waals surface area contributed by atoms with Crippen LogP contribution in [0.25, 0.3) is 11.5 Å². The van der Waals surface area contributed by atoms with E-state index in [1.165, 1.54) is 5.56 Å². The summed E-state index contributed by atoms with van der Waals surface area (Å²) >= 11 is 0. The average Bonchev–Trinajstić information content (AvgIpc) is 3.05. The van der Waals surface area contributed by atoms with Gasteiger partial charge in [0.1, 0.15) is 12.0 Å². The molecule has 1 heterocycles. The van der Waals surface area contributed by atoms with Gasteiger partial charge in [0.2, 0.25) is 15.9 Å². The Hall–Kier alpha value is -1.66. The Balaban J connectivity index is 0.00000420. The SMILES string of the molecule is CCNC(=NCc1coc(-c2ccc(C)cc2)n1)NCC(C)(C)NS(C)(=O)=O.I. The van der Waals surface area contributed by atoms with E-state index in [0.717, 1.165) is 11.8 Å². The number of halogens is 1. The molecule has 2 rings (SSSR count). The molecule has 0 fully saturated rings. The lowest BCUT2D eigenvalue weighted by Gasteiger charge is -2.26. The van der Waals surface area contributed by atoms with E-state index in [9.17, 15) is 8.42 Å². The van der Waals surface area contributed by atoms with E-state index < -0.39 is 15.6 Å². The van der Waals surface area contributed by atoms with Gasteiger partial charge in [0.15, 0.2) is 5.96 Å². The number of oxazole rings is 1. The molecule has 0 aliphatic heterocycles. The Morgan fingerprint density at radius 2 is 1.86 bits per heavy atom. The average molecular weight is 535 g/mol. The van der Waals surface area contributed by atoms with Crippen LogP contribution in [0, 0.1) is 6.92 Å². The van der Waals surface area contributed by atoms with Crippen LogP contribution in [-0.2, 0) is 16.6 Å². The van der Waals surface area contributed by atoms with Crippen molar-refractivity contribution in [3.63, 3.8) is 0 Å². The zero-order valence-corrected chi connectivity index (χ0v) is 20.6. The van der Waals surface area contributed by atoms with Crippen LogP contribution in [0.4, 0.5) is 0 Å². The minimum Gasteiger partial charge on any atom is -0.444 e. The third kappa shape index (κ3) is 9.13. The number of aliphatic imine (C=N–C) groups is 1. The highest BCUT2D eigenvalue weighted by molar-refractivity contribution is 14.0.